The maximum atomic E-state index is 13.0. The molecule has 0 fully saturated rings. The van der Waals surface area contributed by atoms with Gasteiger partial charge in [-0.3, -0.25) is 19.3 Å². The first-order valence-electron chi connectivity index (χ1n) is 11.2. The van der Waals surface area contributed by atoms with Gasteiger partial charge in [-0.05, 0) is 43.2 Å². The van der Waals surface area contributed by atoms with Crippen molar-refractivity contribution in [1.82, 2.24) is 24.8 Å². The predicted octanol–water partition coefficient (Wildman–Crippen LogP) is 1.13. The standard InChI is InChI=1S/C24H28N6O6/c1-29(24(35)36)19(10-4-5-11-21(32)25-12-14-31)22(33)28-18-9-6-13-30(23(18)34)15-20-26-16-7-2-3-8-17(16)27-20/h2-3,5-9,11,13,19,31H,4,10,12,14-15H2,1H3,(H,25,32)(H,26,27)(H,28,33)(H,35,36)/b11-5+. The van der Waals surface area contributed by atoms with Crippen molar-refractivity contribution in [3.8, 4) is 0 Å². The number of nitrogens with zero attached hydrogens (tertiary/aromatic N) is 3. The minimum Gasteiger partial charge on any atom is -0.465 e. The number of rotatable bonds is 11. The third-order valence-electron chi connectivity index (χ3n) is 5.40. The van der Waals surface area contributed by atoms with Crippen LogP contribution in [0.2, 0.25) is 0 Å². The molecule has 2 aromatic heterocycles. The smallest absolute Gasteiger partial charge is 0.407 e. The van der Waals surface area contributed by atoms with Crippen molar-refractivity contribution in [2.75, 3.05) is 25.5 Å². The molecule has 0 aliphatic carbocycles. The number of aliphatic hydroxyl groups is 1. The Morgan fingerprint density at radius 1 is 1.22 bits per heavy atom. The zero-order chi connectivity index (χ0) is 26.1. The Morgan fingerprint density at radius 2 is 2.00 bits per heavy atom. The van der Waals surface area contributed by atoms with Crippen LogP contribution < -0.4 is 16.2 Å². The number of allylic oxidation sites excluding steroid dienone is 1. The molecule has 5 N–H and O–H groups in total. The number of carbonyl (C=O) groups excluding carboxylic acids is 2. The molecule has 0 spiro atoms. The van der Waals surface area contributed by atoms with Gasteiger partial charge in [0.15, 0.2) is 0 Å². The highest BCUT2D eigenvalue weighted by Crippen LogP contribution is 2.12. The van der Waals surface area contributed by atoms with Crippen LogP contribution in [0, 0.1) is 0 Å². The highest BCUT2D eigenvalue weighted by atomic mass is 16.4. The van der Waals surface area contributed by atoms with Crippen LogP contribution in [-0.4, -0.2) is 73.8 Å². The SMILES string of the molecule is CN(C(=O)O)C(CC/C=C/C(=O)NCCO)C(=O)Nc1cccn(Cc2nc3ccccc3[nH]2)c1=O. The third kappa shape index (κ3) is 6.79. The van der Waals surface area contributed by atoms with Crippen LogP contribution in [0.25, 0.3) is 11.0 Å². The number of amides is 3. The fraction of sp³-hybridized carbons (Fsp3) is 0.292. The Kier molecular flexibility index (Phi) is 8.95. The number of aromatic amines is 1. The molecule has 1 aromatic carbocycles. The second-order valence-corrected chi connectivity index (χ2v) is 7.95. The summed E-state index contributed by atoms with van der Waals surface area (Å²) in [7, 11) is 1.26. The summed E-state index contributed by atoms with van der Waals surface area (Å²) in [6, 6.07) is 9.41. The van der Waals surface area contributed by atoms with Crippen molar-refractivity contribution < 1.29 is 24.6 Å². The van der Waals surface area contributed by atoms with E-state index in [1.165, 1.54) is 29.8 Å². The highest BCUT2D eigenvalue weighted by molar-refractivity contribution is 5.96. The lowest BCUT2D eigenvalue weighted by Crippen LogP contribution is -2.45. The molecule has 12 nitrogen and oxygen atoms in total. The molecule has 0 aliphatic rings. The lowest BCUT2D eigenvalue weighted by molar-refractivity contribution is -0.120. The number of hydrogen-bond acceptors (Lipinski definition) is 6. The molecule has 0 saturated carbocycles. The van der Waals surface area contributed by atoms with Crippen LogP contribution in [-0.2, 0) is 16.1 Å². The lowest BCUT2D eigenvalue weighted by atomic mass is 10.1. The number of carbonyl (C=O) groups is 3. The van der Waals surface area contributed by atoms with E-state index in [-0.39, 0.29) is 38.2 Å². The molecule has 0 bridgehead atoms. The Balaban J connectivity index is 1.70. The molecule has 12 heteroatoms. The first-order valence-corrected chi connectivity index (χ1v) is 11.2. The second kappa shape index (κ2) is 12.3. The molecule has 3 aromatic rings. The fourth-order valence-electron chi connectivity index (χ4n) is 3.53. The maximum absolute atomic E-state index is 13.0. The summed E-state index contributed by atoms with van der Waals surface area (Å²) in [5.74, 6) is -0.511. The van der Waals surface area contributed by atoms with Crippen molar-refractivity contribution >= 4 is 34.6 Å². The number of aromatic nitrogens is 3. The van der Waals surface area contributed by atoms with Gasteiger partial charge in [-0.1, -0.05) is 18.2 Å². The van der Waals surface area contributed by atoms with E-state index in [4.69, 9.17) is 5.11 Å². The summed E-state index contributed by atoms with van der Waals surface area (Å²) in [5.41, 5.74) is 1.14. The molecule has 0 saturated heterocycles. The van der Waals surface area contributed by atoms with E-state index in [9.17, 15) is 24.3 Å². The van der Waals surface area contributed by atoms with Gasteiger partial charge in [-0.2, -0.15) is 0 Å². The van der Waals surface area contributed by atoms with Gasteiger partial charge in [0, 0.05) is 19.8 Å². The van der Waals surface area contributed by atoms with Gasteiger partial charge in [0.1, 0.15) is 17.6 Å². The largest absolute Gasteiger partial charge is 0.465 e. The average molecular weight is 497 g/mol. The zero-order valence-electron chi connectivity index (χ0n) is 19.7. The van der Waals surface area contributed by atoms with E-state index < -0.39 is 29.5 Å². The van der Waals surface area contributed by atoms with Gasteiger partial charge in [-0.25, -0.2) is 9.78 Å². The number of benzene rings is 1. The van der Waals surface area contributed by atoms with E-state index in [2.05, 4.69) is 20.6 Å². The third-order valence-corrected chi connectivity index (χ3v) is 5.40. The van der Waals surface area contributed by atoms with Crippen LogP contribution in [0.15, 0.2) is 59.5 Å². The summed E-state index contributed by atoms with van der Waals surface area (Å²) >= 11 is 0. The number of imidazole rings is 1. The normalized spacial score (nSPS) is 11.9. The lowest BCUT2D eigenvalue weighted by Gasteiger charge is -2.24. The number of fused-ring (bicyclic) bond motifs is 1. The van der Waals surface area contributed by atoms with E-state index in [1.807, 2.05) is 24.3 Å². The summed E-state index contributed by atoms with van der Waals surface area (Å²) in [6.45, 7) is 0.0738. The van der Waals surface area contributed by atoms with Crippen LogP contribution in [0.5, 0.6) is 0 Å². The Bertz CT molecular complexity index is 1280. The summed E-state index contributed by atoms with van der Waals surface area (Å²) in [5, 5.41) is 23.1. The van der Waals surface area contributed by atoms with Crippen molar-refractivity contribution in [2.45, 2.75) is 25.4 Å². The molecule has 1 atom stereocenters. The van der Waals surface area contributed by atoms with E-state index in [1.54, 1.807) is 12.3 Å². The van der Waals surface area contributed by atoms with Gasteiger partial charge in [0.05, 0.1) is 24.2 Å². The molecule has 2 heterocycles. The van der Waals surface area contributed by atoms with E-state index in [0.717, 1.165) is 15.9 Å². The van der Waals surface area contributed by atoms with Crippen molar-refractivity contribution in [1.29, 1.82) is 0 Å². The highest BCUT2D eigenvalue weighted by Gasteiger charge is 2.27. The number of H-pyrrole nitrogens is 1. The number of hydrogen-bond donors (Lipinski definition) is 5. The van der Waals surface area contributed by atoms with Crippen LogP contribution in [0.4, 0.5) is 10.5 Å². The molecule has 1 unspecified atom stereocenters. The van der Waals surface area contributed by atoms with Gasteiger partial charge < -0.3 is 30.4 Å². The summed E-state index contributed by atoms with van der Waals surface area (Å²) in [4.78, 5) is 57.5. The summed E-state index contributed by atoms with van der Waals surface area (Å²) < 4.78 is 1.39. The number of likely N-dealkylation sites (N-methyl/N-ethyl adjacent to an activating group) is 1. The molecule has 190 valence electrons. The first kappa shape index (κ1) is 26.2. The maximum Gasteiger partial charge on any atom is 0.407 e. The van der Waals surface area contributed by atoms with E-state index >= 15 is 0 Å². The Morgan fingerprint density at radius 3 is 2.72 bits per heavy atom. The number of pyridine rings is 1. The van der Waals surface area contributed by atoms with Crippen LogP contribution >= 0.6 is 0 Å². The fourth-order valence-corrected chi connectivity index (χ4v) is 3.53. The van der Waals surface area contributed by atoms with Crippen LogP contribution in [0.3, 0.4) is 0 Å². The van der Waals surface area contributed by atoms with Gasteiger partial charge in [-0.15, -0.1) is 0 Å². The second-order valence-electron chi connectivity index (χ2n) is 7.95. The van der Waals surface area contributed by atoms with Crippen molar-refractivity contribution in [3.05, 3.63) is 70.9 Å². The van der Waals surface area contributed by atoms with Crippen molar-refractivity contribution in [3.63, 3.8) is 0 Å². The number of anilines is 1. The predicted molar refractivity (Wildman–Crippen MR) is 133 cm³/mol. The molecular weight excluding hydrogens is 468 g/mol. The molecule has 0 aliphatic heterocycles. The number of para-hydroxylation sites is 2. The molecule has 36 heavy (non-hydrogen) atoms. The number of nitrogens with one attached hydrogen (secondary N) is 3. The van der Waals surface area contributed by atoms with Gasteiger partial charge >= 0.3 is 6.09 Å². The van der Waals surface area contributed by atoms with Gasteiger partial charge in [0.25, 0.3) is 5.56 Å². The Labute approximate surface area is 206 Å². The minimum atomic E-state index is -1.31. The zero-order valence-corrected chi connectivity index (χ0v) is 19.7. The molecule has 3 amide bonds. The van der Waals surface area contributed by atoms with E-state index in [0.29, 0.717) is 5.82 Å². The van der Waals surface area contributed by atoms with Crippen LogP contribution in [0.1, 0.15) is 18.7 Å². The topological polar surface area (TPSA) is 170 Å². The number of aliphatic hydroxyl groups excluding tert-OH is 1. The first-order chi connectivity index (χ1) is 17.3. The Hall–Kier alpha value is -4.45. The average Bonchev–Trinajstić information content (AvgIpc) is 3.27. The van der Waals surface area contributed by atoms with Crippen molar-refractivity contribution in [2.24, 2.45) is 0 Å². The minimum absolute atomic E-state index is 0.00123. The number of carboxylic acid groups (broad SMARTS) is 1. The summed E-state index contributed by atoms with van der Waals surface area (Å²) in [6.07, 6.45) is 3.32. The monoisotopic (exact) mass is 496 g/mol. The molecule has 0 radical (unpaired) electrons. The molecule has 3 rings (SSSR count). The molecular formula is C24H28N6O6. The van der Waals surface area contributed by atoms with Gasteiger partial charge in [0.2, 0.25) is 11.8 Å². The quantitative estimate of drug-likeness (QED) is 0.248.